The molecule has 0 unspecified atom stereocenters. The van der Waals surface area contributed by atoms with Crippen LogP contribution in [0.4, 0.5) is 0 Å². The summed E-state index contributed by atoms with van der Waals surface area (Å²) < 4.78 is 1.89. The van der Waals surface area contributed by atoms with Crippen molar-refractivity contribution in [3.63, 3.8) is 0 Å². The third kappa shape index (κ3) is 3.19. The molecule has 0 radical (unpaired) electrons. The summed E-state index contributed by atoms with van der Waals surface area (Å²) in [6.45, 7) is 11.1. The fourth-order valence-corrected chi connectivity index (χ4v) is 2.10. The lowest BCUT2D eigenvalue weighted by atomic mass is 10.1. The molecule has 108 valence electrons. The lowest BCUT2D eigenvalue weighted by Gasteiger charge is -2.21. The smallest absolute Gasteiger partial charge is 0.0848 e. The van der Waals surface area contributed by atoms with E-state index in [1.54, 1.807) is 6.20 Å². The summed E-state index contributed by atoms with van der Waals surface area (Å²) in [7, 11) is 0. The van der Waals surface area contributed by atoms with Crippen molar-refractivity contribution < 1.29 is 0 Å². The molecule has 2 aromatic rings. The molecule has 0 amide bonds. The molecule has 4 nitrogen and oxygen atoms in total. The Balaban J connectivity index is 2.39. The highest BCUT2D eigenvalue weighted by atomic mass is 35.5. The predicted octanol–water partition coefficient (Wildman–Crippen LogP) is 3.43. The Labute approximate surface area is 125 Å². The Hall–Kier alpha value is -1.39. The zero-order chi connectivity index (χ0) is 14.9. The third-order valence-corrected chi connectivity index (χ3v) is 3.67. The molecule has 5 heteroatoms. The van der Waals surface area contributed by atoms with Gasteiger partial charge in [-0.3, -0.25) is 4.98 Å². The monoisotopic (exact) mass is 292 g/mol. The molecule has 2 heterocycles. The number of rotatable bonds is 3. The van der Waals surface area contributed by atoms with Gasteiger partial charge in [0.2, 0.25) is 0 Å². The van der Waals surface area contributed by atoms with Crippen molar-refractivity contribution >= 4 is 11.6 Å². The maximum absolute atomic E-state index is 6.24. The van der Waals surface area contributed by atoms with E-state index in [-0.39, 0.29) is 5.54 Å². The molecular weight excluding hydrogens is 272 g/mol. The number of hydrogen-bond acceptors (Lipinski definition) is 3. The molecule has 0 saturated heterocycles. The SMILES string of the molecule is Cc1nn(-c2ccncc2CNC(C)(C)C)c(C)c1Cl. The first kappa shape index (κ1) is 15.0. The quantitative estimate of drug-likeness (QED) is 0.942. The molecule has 2 rings (SSSR count). The Morgan fingerprint density at radius 2 is 2.00 bits per heavy atom. The first-order valence-corrected chi connectivity index (χ1v) is 7.07. The van der Waals surface area contributed by atoms with Crippen LogP contribution in [0.25, 0.3) is 5.69 Å². The second-order valence-corrected chi connectivity index (χ2v) is 6.38. The van der Waals surface area contributed by atoms with Crippen molar-refractivity contribution in [3.05, 3.63) is 40.4 Å². The van der Waals surface area contributed by atoms with Gasteiger partial charge in [-0.15, -0.1) is 0 Å². The lowest BCUT2D eigenvalue weighted by Crippen LogP contribution is -2.35. The zero-order valence-corrected chi connectivity index (χ0v) is 13.4. The van der Waals surface area contributed by atoms with E-state index in [9.17, 15) is 0 Å². The van der Waals surface area contributed by atoms with Gasteiger partial charge in [-0.2, -0.15) is 5.10 Å². The van der Waals surface area contributed by atoms with Crippen LogP contribution in [0.2, 0.25) is 5.02 Å². The molecule has 0 spiro atoms. The highest BCUT2D eigenvalue weighted by Crippen LogP contribution is 2.24. The number of aryl methyl sites for hydroxylation is 1. The lowest BCUT2D eigenvalue weighted by molar-refractivity contribution is 0.423. The number of halogens is 1. The van der Waals surface area contributed by atoms with E-state index in [1.807, 2.05) is 30.8 Å². The van der Waals surface area contributed by atoms with E-state index in [1.165, 1.54) is 0 Å². The van der Waals surface area contributed by atoms with Crippen LogP contribution in [-0.4, -0.2) is 20.3 Å². The second-order valence-electron chi connectivity index (χ2n) is 6.00. The highest BCUT2D eigenvalue weighted by Gasteiger charge is 2.15. The fourth-order valence-electron chi connectivity index (χ4n) is 1.98. The molecular formula is C15H21ClN4. The number of pyridine rings is 1. The van der Waals surface area contributed by atoms with Gasteiger partial charge >= 0.3 is 0 Å². The molecule has 0 saturated carbocycles. The van der Waals surface area contributed by atoms with Gasteiger partial charge in [0.1, 0.15) is 0 Å². The Bertz CT molecular complexity index is 611. The summed E-state index contributed by atoms with van der Waals surface area (Å²) in [5, 5.41) is 8.71. The van der Waals surface area contributed by atoms with Crippen molar-refractivity contribution in [1.29, 1.82) is 0 Å². The average molecular weight is 293 g/mol. The summed E-state index contributed by atoms with van der Waals surface area (Å²) >= 11 is 6.24. The Kier molecular flexibility index (Phi) is 4.16. The average Bonchev–Trinajstić information content (AvgIpc) is 2.64. The van der Waals surface area contributed by atoms with Crippen LogP contribution in [0.3, 0.4) is 0 Å². The molecule has 1 N–H and O–H groups in total. The van der Waals surface area contributed by atoms with Crippen LogP contribution >= 0.6 is 11.6 Å². The van der Waals surface area contributed by atoms with Gasteiger partial charge in [0, 0.05) is 30.0 Å². The molecule has 0 aliphatic carbocycles. The highest BCUT2D eigenvalue weighted by molar-refractivity contribution is 6.31. The van der Waals surface area contributed by atoms with Gasteiger partial charge < -0.3 is 5.32 Å². The number of hydrogen-bond donors (Lipinski definition) is 1. The van der Waals surface area contributed by atoms with Crippen LogP contribution in [0.5, 0.6) is 0 Å². The summed E-state index contributed by atoms with van der Waals surface area (Å²) in [6.07, 6.45) is 3.65. The van der Waals surface area contributed by atoms with Crippen molar-refractivity contribution in [2.45, 2.75) is 46.7 Å². The van der Waals surface area contributed by atoms with E-state index in [0.29, 0.717) is 0 Å². The van der Waals surface area contributed by atoms with Crippen molar-refractivity contribution in [2.24, 2.45) is 0 Å². The van der Waals surface area contributed by atoms with Crippen LogP contribution in [0.1, 0.15) is 37.7 Å². The molecule has 0 bridgehead atoms. The summed E-state index contributed by atoms with van der Waals surface area (Å²) in [5.41, 5.74) is 3.97. The van der Waals surface area contributed by atoms with Crippen molar-refractivity contribution in [3.8, 4) is 5.69 Å². The first-order valence-electron chi connectivity index (χ1n) is 6.69. The summed E-state index contributed by atoms with van der Waals surface area (Å²) in [5.74, 6) is 0. The van der Waals surface area contributed by atoms with Gasteiger partial charge in [-0.25, -0.2) is 4.68 Å². The van der Waals surface area contributed by atoms with E-state index >= 15 is 0 Å². The van der Waals surface area contributed by atoms with Crippen LogP contribution in [0.15, 0.2) is 18.5 Å². The summed E-state index contributed by atoms with van der Waals surface area (Å²) in [4.78, 5) is 4.22. The largest absolute Gasteiger partial charge is 0.308 e. The maximum Gasteiger partial charge on any atom is 0.0848 e. The first-order chi connectivity index (χ1) is 9.29. The van der Waals surface area contributed by atoms with Gasteiger partial charge in [0.25, 0.3) is 0 Å². The molecule has 0 aliphatic rings. The molecule has 0 aliphatic heterocycles. The number of nitrogens with zero attached hydrogens (tertiary/aromatic N) is 3. The van der Waals surface area contributed by atoms with Gasteiger partial charge in [0.15, 0.2) is 0 Å². The molecule has 0 aromatic carbocycles. The predicted molar refractivity (Wildman–Crippen MR) is 82.4 cm³/mol. The topological polar surface area (TPSA) is 42.7 Å². The molecule has 2 aromatic heterocycles. The van der Waals surface area contributed by atoms with Gasteiger partial charge in [-0.1, -0.05) is 11.6 Å². The summed E-state index contributed by atoms with van der Waals surface area (Å²) in [6, 6.07) is 1.97. The van der Waals surface area contributed by atoms with Gasteiger partial charge in [-0.05, 0) is 40.7 Å². The normalized spacial score (nSPS) is 11.9. The van der Waals surface area contributed by atoms with Crippen LogP contribution < -0.4 is 5.32 Å². The minimum Gasteiger partial charge on any atom is -0.308 e. The van der Waals surface area contributed by atoms with E-state index in [0.717, 1.165) is 34.2 Å². The number of aromatic nitrogens is 3. The van der Waals surface area contributed by atoms with Crippen LogP contribution in [0, 0.1) is 13.8 Å². The molecule has 20 heavy (non-hydrogen) atoms. The van der Waals surface area contributed by atoms with E-state index in [2.05, 4.69) is 36.2 Å². The minimum absolute atomic E-state index is 0.0554. The Morgan fingerprint density at radius 1 is 1.30 bits per heavy atom. The van der Waals surface area contributed by atoms with E-state index in [4.69, 9.17) is 11.6 Å². The molecule has 0 atom stereocenters. The third-order valence-electron chi connectivity index (χ3n) is 3.12. The van der Waals surface area contributed by atoms with E-state index < -0.39 is 0 Å². The standard InChI is InChI=1S/C15H21ClN4/c1-10-14(16)11(2)20(19-10)13-6-7-17-8-12(13)9-18-15(3,4)5/h6-8,18H,9H2,1-5H3. The maximum atomic E-state index is 6.24. The van der Waals surface area contributed by atoms with Gasteiger partial charge in [0.05, 0.1) is 22.1 Å². The zero-order valence-electron chi connectivity index (χ0n) is 12.7. The second kappa shape index (κ2) is 5.54. The van der Waals surface area contributed by atoms with Crippen molar-refractivity contribution in [1.82, 2.24) is 20.1 Å². The van der Waals surface area contributed by atoms with Crippen LogP contribution in [-0.2, 0) is 6.54 Å². The number of nitrogens with one attached hydrogen (secondary N) is 1. The van der Waals surface area contributed by atoms with Crippen molar-refractivity contribution in [2.75, 3.05) is 0 Å². The molecule has 0 fully saturated rings. The minimum atomic E-state index is 0.0554. The fraction of sp³-hybridized carbons (Fsp3) is 0.467. The Morgan fingerprint density at radius 3 is 2.55 bits per heavy atom.